The molecule has 1 aliphatic heterocycles. The van der Waals surface area contributed by atoms with Crippen molar-refractivity contribution in [2.24, 2.45) is 5.92 Å². The van der Waals surface area contributed by atoms with Crippen LogP contribution >= 0.6 is 0 Å². The van der Waals surface area contributed by atoms with E-state index in [1.54, 1.807) is 6.20 Å². The number of nitrogens with two attached hydrogens (primary N) is 1. The quantitative estimate of drug-likeness (QED) is 0.570. The number of hydrogen-bond acceptors (Lipinski definition) is 3. The maximum atomic E-state index is 5.66. The molecule has 0 bridgehead atoms. The fourth-order valence-corrected chi connectivity index (χ4v) is 1.36. The summed E-state index contributed by atoms with van der Waals surface area (Å²) in [5.41, 5.74) is 6.41. The van der Waals surface area contributed by atoms with Crippen LogP contribution in [0.15, 0.2) is 6.20 Å². The normalized spacial score (nSPS) is 22.5. The standard InChI is InChI=1S/C7H12N4/c1-5-2-9-7-6(8)3-10-11(7)4-5/h3,5,9H,2,4,8H2,1H3/t5-/m0/s1. The third kappa shape index (κ3) is 0.943. The summed E-state index contributed by atoms with van der Waals surface area (Å²) >= 11 is 0. The second-order valence-corrected chi connectivity index (χ2v) is 3.12. The second-order valence-electron chi connectivity index (χ2n) is 3.12. The van der Waals surface area contributed by atoms with Crippen LogP contribution in [0.3, 0.4) is 0 Å². The Morgan fingerprint density at radius 3 is 3.45 bits per heavy atom. The molecule has 1 aromatic rings. The largest absolute Gasteiger partial charge is 0.394 e. The third-order valence-electron chi connectivity index (χ3n) is 1.97. The number of nitrogens with one attached hydrogen (secondary N) is 1. The van der Waals surface area contributed by atoms with Crippen molar-refractivity contribution >= 4 is 11.5 Å². The minimum absolute atomic E-state index is 0.641. The number of hydrogen-bond donors (Lipinski definition) is 2. The summed E-state index contributed by atoms with van der Waals surface area (Å²) in [7, 11) is 0. The Kier molecular flexibility index (Phi) is 1.27. The molecule has 2 rings (SSSR count). The molecule has 3 N–H and O–H groups in total. The predicted octanol–water partition coefficient (Wildman–Crippen LogP) is 0.527. The first kappa shape index (κ1) is 6.52. The van der Waals surface area contributed by atoms with Gasteiger partial charge in [0.25, 0.3) is 0 Å². The van der Waals surface area contributed by atoms with E-state index >= 15 is 0 Å². The molecule has 4 heteroatoms. The van der Waals surface area contributed by atoms with Gasteiger partial charge in [-0.25, -0.2) is 4.68 Å². The van der Waals surface area contributed by atoms with Crippen LogP contribution in [0.25, 0.3) is 0 Å². The molecule has 0 aliphatic carbocycles. The van der Waals surface area contributed by atoms with Gasteiger partial charge < -0.3 is 11.1 Å². The molecule has 0 fully saturated rings. The van der Waals surface area contributed by atoms with E-state index in [0.29, 0.717) is 5.92 Å². The van der Waals surface area contributed by atoms with E-state index < -0.39 is 0 Å². The number of nitrogen functional groups attached to an aromatic ring is 1. The summed E-state index contributed by atoms with van der Waals surface area (Å²) in [6.07, 6.45) is 1.69. The highest BCUT2D eigenvalue weighted by atomic mass is 15.3. The molecule has 0 radical (unpaired) electrons. The number of anilines is 2. The first-order valence-electron chi connectivity index (χ1n) is 3.82. The lowest BCUT2D eigenvalue weighted by Gasteiger charge is -2.21. The number of fused-ring (bicyclic) bond motifs is 1. The van der Waals surface area contributed by atoms with Gasteiger partial charge in [0.1, 0.15) is 5.82 Å². The minimum Gasteiger partial charge on any atom is -0.394 e. The maximum Gasteiger partial charge on any atom is 0.147 e. The zero-order valence-electron chi connectivity index (χ0n) is 6.54. The van der Waals surface area contributed by atoms with Crippen LogP contribution in [0.2, 0.25) is 0 Å². The van der Waals surface area contributed by atoms with Gasteiger partial charge in [-0.15, -0.1) is 0 Å². The Bertz CT molecular complexity index is 265. The van der Waals surface area contributed by atoms with Gasteiger partial charge in [0.2, 0.25) is 0 Å². The summed E-state index contributed by atoms with van der Waals surface area (Å²) in [6.45, 7) is 4.16. The van der Waals surface area contributed by atoms with Crippen molar-refractivity contribution in [3.63, 3.8) is 0 Å². The highest BCUT2D eigenvalue weighted by molar-refractivity contribution is 5.61. The Balaban J connectivity index is 2.36. The summed E-state index contributed by atoms with van der Waals surface area (Å²) in [4.78, 5) is 0. The SMILES string of the molecule is C[C@H]1CNc2c(N)cnn2C1. The Labute approximate surface area is 65.4 Å². The van der Waals surface area contributed by atoms with Crippen molar-refractivity contribution in [3.05, 3.63) is 6.20 Å². The molecule has 2 heterocycles. The molecular weight excluding hydrogens is 140 g/mol. The smallest absolute Gasteiger partial charge is 0.147 e. The van der Waals surface area contributed by atoms with Crippen LogP contribution in [-0.4, -0.2) is 16.3 Å². The molecule has 1 aliphatic rings. The molecule has 0 aromatic carbocycles. The highest BCUT2D eigenvalue weighted by Crippen LogP contribution is 2.22. The van der Waals surface area contributed by atoms with Crippen molar-refractivity contribution in [1.82, 2.24) is 9.78 Å². The Hall–Kier alpha value is -1.19. The zero-order valence-corrected chi connectivity index (χ0v) is 6.54. The first-order valence-corrected chi connectivity index (χ1v) is 3.82. The van der Waals surface area contributed by atoms with E-state index in [9.17, 15) is 0 Å². The molecule has 0 saturated heterocycles. The molecule has 0 unspecified atom stereocenters. The van der Waals surface area contributed by atoms with E-state index in [1.165, 1.54) is 0 Å². The zero-order chi connectivity index (χ0) is 7.84. The first-order chi connectivity index (χ1) is 5.27. The fourth-order valence-electron chi connectivity index (χ4n) is 1.36. The van der Waals surface area contributed by atoms with Crippen molar-refractivity contribution in [2.75, 3.05) is 17.6 Å². The van der Waals surface area contributed by atoms with Crippen molar-refractivity contribution in [3.8, 4) is 0 Å². The Morgan fingerprint density at radius 1 is 1.82 bits per heavy atom. The van der Waals surface area contributed by atoms with Gasteiger partial charge in [0, 0.05) is 13.1 Å². The molecular formula is C7H12N4. The van der Waals surface area contributed by atoms with Gasteiger partial charge in [-0.05, 0) is 5.92 Å². The summed E-state index contributed by atoms with van der Waals surface area (Å²) < 4.78 is 1.92. The molecule has 60 valence electrons. The topological polar surface area (TPSA) is 55.9 Å². The van der Waals surface area contributed by atoms with Crippen LogP contribution in [0.1, 0.15) is 6.92 Å². The van der Waals surface area contributed by atoms with Crippen LogP contribution in [-0.2, 0) is 6.54 Å². The fraction of sp³-hybridized carbons (Fsp3) is 0.571. The minimum atomic E-state index is 0.641. The van der Waals surface area contributed by atoms with E-state index in [0.717, 1.165) is 24.6 Å². The second kappa shape index (κ2) is 2.15. The molecule has 1 atom stereocenters. The van der Waals surface area contributed by atoms with Crippen molar-refractivity contribution in [1.29, 1.82) is 0 Å². The summed E-state index contributed by atoms with van der Waals surface area (Å²) in [5, 5.41) is 7.37. The van der Waals surface area contributed by atoms with Gasteiger partial charge in [-0.3, -0.25) is 0 Å². The maximum absolute atomic E-state index is 5.66. The van der Waals surface area contributed by atoms with E-state index in [2.05, 4.69) is 17.3 Å². The van der Waals surface area contributed by atoms with Gasteiger partial charge >= 0.3 is 0 Å². The lowest BCUT2D eigenvalue weighted by atomic mass is 10.1. The van der Waals surface area contributed by atoms with Gasteiger partial charge in [-0.2, -0.15) is 5.10 Å². The molecule has 1 aromatic heterocycles. The number of rotatable bonds is 0. The predicted molar refractivity (Wildman–Crippen MR) is 44.3 cm³/mol. The molecule has 0 amide bonds. The Morgan fingerprint density at radius 2 is 2.64 bits per heavy atom. The molecule has 4 nitrogen and oxygen atoms in total. The van der Waals surface area contributed by atoms with Crippen molar-refractivity contribution in [2.45, 2.75) is 13.5 Å². The van der Waals surface area contributed by atoms with Crippen molar-refractivity contribution < 1.29 is 0 Å². The van der Waals surface area contributed by atoms with E-state index in [-0.39, 0.29) is 0 Å². The summed E-state index contributed by atoms with van der Waals surface area (Å²) in [6, 6.07) is 0. The average Bonchev–Trinajstić information content (AvgIpc) is 2.32. The average molecular weight is 152 g/mol. The van der Waals surface area contributed by atoms with Gasteiger partial charge in [-0.1, -0.05) is 6.92 Å². The highest BCUT2D eigenvalue weighted by Gasteiger charge is 2.16. The van der Waals surface area contributed by atoms with Crippen LogP contribution in [0, 0.1) is 5.92 Å². The van der Waals surface area contributed by atoms with Crippen LogP contribution in [0.4, 0.5) is 11.5 Å². The van der Waals surface area contributed by atoms with Gasteiger partial charge in [0.15, 0.2) is 0 Å². The third-order valence-corrected chi connectivity index (χ3v) is 1.97. The number of aromatic nitrogens is 2. The molecule has 0 saturated carbocycles. The monoisotopic (exact) mass is 152 g/mol. The van der Waals surface area contributed by atoms with Crippen LogP contribution in [0.5, 0.6) is 0 Å². The summed E-state index contributed by atoms with van der Waals surface area (Å²) in [5.74, 6) is 1.62. The van der Waals surface area contributed by atoms with E-state index in [4.69, 9.17) is 5.73 Å². The van der Waals surface area contributed by atoms with E-state index in [1.807, 2.05) is 4.68 Å². The van der Waals surface area contributed by atoms with Crippen LogP contribution < -0.4 is 11.1 Å². The molecule has 11 heavy (non-hydrogen) atoms. The lowest BCUT2D eigenvalue weighted by Crippen LogP contribution is -2.25. The molecule has 0 spiro atoms. The van der Waals surface area contributed by atoms with Gasteiger partial charge in [0.05, 0.1) is 11.9 Å². The number of nitrogens with zero attached hydrogens (tertiary/aromatic N) is 2. The lowest BCUT2D eigenvalue weighted by molar-refractivity contribution is 0.445.